The van der Waals surface area contributed by atoms with Gasteiger partial charge >= 0.3 is 0 Å². The predicted octanol–water partition coefficient (Wildman–Crippen LogP) is 2.19. The third-order valence-electron chi connectivity index (χ3n) is 3.16. The Labute approximate surface area is 110 Å². The van der Waals surface area contributed by atoms with Crippen molar-refractivity contribution in [3.8, 4) is 11.5 Å². The lowest BCUT2D eigenvalue weighted by Gasteiger charge is -2.07. The average molecular weight is 261 g/mol. The van der Waals surface area contributed by atoms with Gasteiger partial charge in [0.25, 0.3) is 0 Å². The maximum atomic E-state index is 11.8. The smallest absolute Gasteiger partial charge is 0.225 e. The van der Waals surface area contributed by atoms with E-state index >= 15 is 0 Å². The summed E-state index contributed by atoms with van der Waals surface area (Å²) >= 11 is 0. The van der Waals surface area contributed by atoms with Gasteiger partial charge in [-0.15, -0.1) is 0 Å². The Balaban J connectivity index is 1.57. The normalized spacial score (nSPS) is 18.6. The van der Waals surface area contributed by atoms with Gasteiger partial charge in [0.05, 0.1) is 25.3 Å². The summed E-state index contributed by atoms with van der Waals surface area (Å²) < 4.78 is 16.0. The van der Waals surface area contributed by atoms with Crippen LogP contribution in [0.15, 0.2) is 39.4 Å². The fraction of sp³-hybridized carbons (Fsp3) is 0.357. The second kappa shape index (κ2) is 5.32. The highest BCUT2D eigenvalue weighted by molar-refractivity contribution is 5.78. The molecule has 1 N–H and O–H groups in total. The summed E-state index contributed by atoms with van der Waals surface area (Å²) in [6, 6.07) is 7.30. The molecule has 0 aromatic carbocycles. The molecule has 1 aliphatic heterocycles. The van der Waals surface area contributed by atoms with Gasteiger partial charge in [-0.3, -0.25) is 4.79 Å². The number of carbonyl (C=O) groups excluding carboxylic acids is 1. The van der Waals surface area contributed by atoms with Crippen LogP contribution < -0.4 is 5.32 Å². The molecule has 5 heteroatoms. The second-order valence-electron chi connectivity index (χ2n) is 4.52. The molecule has 0 bridgehead atoms. The van der Waals surface area contributed by atoms with Crippen LogP contribution in [-0.2, 0) is 16.1 Å². The van der Waals surface area contributed by atoms with Crippen LogP contribution in [0.4, 0.5) is 0 Å². The molecule has 1 saturated heterocycles. The molecule has 2 aromatic heterocycles. The molecule has 19 heavy (non-hydrogen) atoms. The number of nitrogens with one attached hydrogen (secondary N) is 1. The van der Waals surface area contributed by atoms with Crippen LogP contribution in [0, 0.1) is 5.92 Å². The third-order valence-corrected chi connectivity index (χ3v) is 3.16. The van der Waals surface area contributed by atoms with Gasteiger partial charge in [0.1, 0.15) is 5.76 Å². The number of hydrogen-bond donors (Lipinski definition) is 1. The summed E-state index contributed by atoms with van der Waals surface area (Å²) in [4.78, 5) is 11.8. The lowest BCUT2D eigenvalue weighted by molar-refractivity contribution is -0.125. The van der Waals surface area contributed by atoms with Crippen LogP contribution in [0.25, 0.3) is 11.5 Å². The van der Waals surface area contributed by atoms with Crippen LogP contribution in [0.5, 0.6) is 0 Å². The predicted molar refractivity (Wildman–Crippen MR) is 67.2 cm³/mol. The number of rotatable bonds is 4. The molecule has 1 atom stereocenters. The van der Waals surface area contributed by atoms with E-state index in [2.05, 4.69) is 5.32 Å². The molecule has 2 aromatic rings. The second-order valence-corrected chi connectivity index (χ2v) is 4.52. The van der Waals surface area contributed by atoms with E-state index in [0.29, 0.717) is 37.0 Å². The van der Waals surface area contributed by atoms with E-state index in [1.807, 2.05) is 18.2 Å². The van der Waals surface area contributed by atoms with Gasteiger partial charge in [0, 0.05) is 6.61 Å². The van der Waals surface area contributed by atoms with Crippen molar-refractivity contribution in [2.45, 2.75) is 13.0 Å². The Bertz CT molecular complexity index is 538. The van der Waals surface area contributed by atoms with Crippen molar-refractivity contribution in [2.24, 2.45) is 5.92 Å². The van der Waals surface area contributed by atoms with Crippen molar-refractivity contribution in [1.82, 2.24) is 5.32 Å². The Morgan fingerprint density at radius 3 is 3.00 bits per heavy atom. The van der Waals surface area contributed by atoms with E-state index in [-0.39, 0.29) is 11.8 Å². The van der Waals surface area contributed by atoms with Gasteiger partial charge in [-0.05, 0) is 30.7 Å². The molecule has 1 fully saturated rings. The standard InChI is InChI=1S/C14H15NO4/c16-14(10-5-7-17-9-10)15-8-11-3-4-13(19-11)12-2-1-6-18-12/h1-4,6,10H,5,7-9H2,(H,15,16)/t10-/m1/s1. The van der Waals surface area contributed by atoms with E-state index in [9.17, 15) is 4.79 Å². The summed E-state index contributed by atoms with van der Waals surface area (Å²) in [5.41, 5.74) is 0. The SMILES string of the molecule is O=C(NCc1ccc(-c2ccco2)o1)[C@@H]1CCOC1. The molecule has 5 nitrogen and oxygen atoms in total. The van der Waals surface area contributed by atoms with Crippen LogP contribution in [-0.4, -0.2) is 19.1 Å². The van der Waals surface area contributed by atoms with Gasteiger partial charge in [0.15, 0.2) is 11.5 Å². The number of ether oxygens (including phenoxy) is 1. The van der Waals surface area contributed by atoms with Crippen molar-refractivity contribution < 1.29 is 18.4 Å². The molecule has 3 rings (SSSR count). The van der Waals surface area contributed by atoms with Gasteiger partial charge < -0.3 is 18.9 Å². The molecule has 1 aliphatic rings. The first-order valence-corrected chi connectivity index (χ1v) is 6.31. The third kappa shape index (κ3) is 2.71. The van der Waals surface area contributed by atoms with Crippen molar-refractivity contribution in [2.75, 3.05) is 13.2 Å². The Morgan fingerprint density at radius 2 is 2.26 bits per heavy atom. The minimum Gasteiger partial charge on any atom is -0.461 e. The van der Waals surface area contributed by atoms with Crippen molar-refractivity contribution in [3.05, 3.63) is 36.3 Å². The maximum absolute atomic E-state index is 11.8. The Hall–Kier alpha value is -2.01. The first-order chi connectivity index (χ1) is 9.33. The highest BCUT2D eigenvalue weighted by Crippen LogP contribution is 2.22. The molecule has 100 valence electrons. The van der Waals surface area contributed by atoms with Crippen LogP contribution in [0.3, 0.4) is 0 Å². The van der Waals surface area contributed by atoms with Crippen LogP contribution in [0.1, 0.15) is 12.2 Å². The average Bonchev–Trinajstić information content (AvgIpc) is 3.14. The van der Waals surface area contributed by atoms with E-state index in [0.717, 1.165) is 6.42 Å². The summed E-state index contributed by atoms with van der Waals surface area (Å²) in [6.45, 7) is 1.57. The molecule has 3 heterocycles. The molecule has 0 saturated carbocycles. The Kier molecular flexibility index (Phi) is 3.37. The zero-order valence-electron chi connectivity index (χ0n) is 10.4. The lowest BCUT2D eigenvalue weighted by Crippen LogP contribution is -2.30. The van der Waals surface area contributed by atoms with Gasteiger partial charge in [-0.25, -0.2) is 0 Å². The van der Waals surface area contributed by atoms with E-state index < -0.39 is 0 Å². The topological polar surface area (TPSA) is 64.6 Å². The van der Waals surface area contributed by atoms with Crippen molar-refractivity contribution >= 4 is 5.91 Å². The number of hydrogen-bond acceptors (Lipinski definition) is 4. The first-order valence-electron chi connectivity index (χ1n) is 6.31. The Morgan fingerprint density at radius 1 is 1.32 bits per heavy atom. The zero-order chi connectivity index (χ0) is 13.1. The van der Waals surface area contributed by atoms with Crippen LogP contribution >= 0.6 is 0 Å². The molecule has 0 unspecified atom stereocenters. The number of amides is 1. The van der Waals surface area contributed by atoms with E-state index in [1.165, 1.54) is 0 Å². The lowest BCUT2D eigenvalue weighted by atomic mass is 10.1. The monoisotopic (exact) mass is 261 g/mol. The number of carbonyl (C=O) groups is 1. The summed E-state index contributed by atoms with van der Waals surface area (Å²) in [7, 11) is 0. The molecule has 0 radical (unpaired) electrons. The fourth-order valence-corrected chi connectivity index (χ4v) is 2.08. The van der Waals surface area contributed by atoms with Crippen LogP contribution in [0.2, 0.25) is 0 Å². The van der Waals surface area contributed by atoms with Gasteiger partial charge in [-0.1, -0.05) is 0 Å². The summed E-state index contributed by atoms with van der Waals surface area (Å²) in [5.74, 6) is 2.05. The molecule has 1 amide bonds. The maximum Gasteiger partial charge on any atom is 0.225 e. The number of furan rings is 2. The molecule has 0 spiro atoms. The quantitative estimate of drug-likeness (QED) is 0.916. The van der Waals surface area contributed by atoms with E-state index in [1.54, 1.807) is 12.3 Å². The highest BCUT2D eigenvalue weighted by Gasteiger charge is 2.23. The minimum atomic E-state index is -0.0282. The zero-order valence-corrected chi connectivity index (χ0v) is 10.4. The van der Waals surface area contributed by atoms with Crippen molar-refractivity contribution in [1.29, 1.82) is 0 Å². The molecular weight excluding hydrogens is 246 g/mol. The van der Waals surface area contributed by atoms with Gasteiger partial charge in [-0.2, -0.15) is 0 Å². The minimum absolute atomic E-state index is 0.0217. The first kappa shape index (κ1) is 12.0. The summed E-state index contributed by atoms with van der Waals surface area (Å²) in [5, 5.41) is 2.86. The van der Waals surface area contributed by atoms with Gasteiger partial charge in [0.2, 0.25) is 5.91 Å². The van der Waals surface area contributed by atoms with E-state index in [4.69, 9.17) is 13.6 Å². The highest BCUT2D eigenvalue weighted by atomic mass is 16.5. The van der Waals surface area contributed by atoms with Crippen molar-refractivity contribution in [3.63, 3.8) is 0 Å². The fourth-order valence-electron chi connectivity index (χ4n) is 2.08. The largest absolute Gasteiger partial charge is 0.461 e. The molecular formula is C14H15NO4. The molecule has 0 aliphatic carbocycles. The summed E-state index contributed by atoms with van der Waals surface area (Å²) in [6.07, 6.45) is 2.39.